The first-order valence-corrected chi connectivity index (χ1v) is 13.9. The highest BCUT2D eigenvalue weighted by molar-refractivity contribution is 6.32. The van der Waals surface area contributed by atoms with Crippen LogP contribution in [0.3, 0.4) is 0 Å². The van der Waals surface area contributed by atoms with Gasteiger partial charge in [0.15, 0.2) is 0 Å². The number of fused-ring (bicyclic) bond motifs is 5. The summed E-state index contributed by atoms with van der Waals surface area (Å²) in [4.78, 5) is 34.0. The van der Waals surface area contributed by atoms with Crippen LogP contribution in [0.2, 0.25) is 5.02 Å². The second kappa shape index (κ2) is 9.47. The van der Waals surface area contributed by atoms with E-state index >= 15 is 0 Å². The predicted molar refractivity (Wildman–Crippen MR) is 147 cm³/mol. The molecule has 1 saturated heterocycles. The molecule has 6 rings (SSSR count). The largest absolute Gasteiger partial charge is 0.460 e. The van der Waals surface area contributed by atoms with Gasteiger partial charge in [-0.15, -0.1) is 0 Å². The Bertz CT molecular complexity index is 1520. The maximum absolute atomic E-state index is 13.9. The molecule has 3 aliphatic heterocycles. The number of hydrogen-bond donors (Lipinski definition) is 0. The van der Waals surface area contributed by atoms with Crippen LogP contribution in [0, 0.1) is 12.8 Å². The fourth-order valence-corrected chi connectivity index (χ4v) is 6.58. The molecule has 0 aliphatic carbocycles. The van der Waals surface area contributed by atoms with Crippen molar-refractivity contribution in [2.24, 2.45) is 5.92 Å². The summed E-state index contributed by atoms with van der Waals surface area (Å²) >= 11 is 6.56. The third-order valence-electron chi connectivity index (χ3n) is 8.96. The van der Waals surface area contributed by atoms with Gasteiger partial charge >= 0.3 is 5.97 Å². The van der Waals surface area contributed by atoms with Crippen molar-refractivity contribution in [2.45, 2.75) is 71.8 Å². The number of pyridine rings is 2. The molecule has 0 amide bonds. The molecule has 3 aromatic rings. The van der Waals surface area contributed by atoms with Gasteiger partial charge in [-0.2, -0.15) is 0 Å². The second-order valence-corrected chi connectivity index (χ2v) is 11.6. The summed E-state index contributed by atoms with van der Waals surface area (Å²) in [6.45, 7) is 9.65. The van der Waals surface area contributed by atoms with E-state index in [9.17, 15) is 9.59 Å². The SMILES string of the molecule is CCC1(OC)CC(=O)OCc2c1cc1n(c2=O)Cc2c-1nc1cc(Cl)c(C)cc1c2CN1CCC(C)CC1. The standard InChI is InChI=1S/C30H34ClN3O4/c1-5-30(37-4)13-27(35)38-16-22-23(30)11-26-28-21(15-34(26)29(22)36)20(14-33-8-6-17(2)7-9-33)19-10-18(3)24(31)12-25(19)32-28/h10-12,17H,5-9,13-16H2,1-4H3. The average Bonchev–Trinajstić information content (AvgIpc) is 3.20. The van der Waals surface area contributed by atoms with Gasteiger partial charge in [-0.3, -0.25) is 14.5 Å². The van der Waals surface area contributed by atoms with Crippen molar-refractivity contribution < 1.29 is 14.3 Å². The molecule has 0 saturated carbocycles. The molecule has 1 aromatic carbocycles. The predicted octanol–water partition coefficient (Wildman–Crippen LogP) is 5.32. The molecule has 0 bridgehead atoms. The van der Waals surface area contributed by atoms with E-state index in [1.807, 2.05) is 26.0 Å². The lowest BCUT2D eigenvalue weighted by atomic mass is 9.85. The van der Waals surface area contributed by atoms with E-state index in [0.29, 0.717) is 23.6 Å². The van der Waals surface area contributed by atoms with E-state index in [1.54, 1.807) is 11.7 Å². The van der Waals surface area contributed by atoms with Crippen LogP contribution in [0.25, 0.3) is 22.3 Å². The molecule has 1 unspecified atom stereocenters. The van der Waals surface area contributed by atoms with E-state index in [-0.39, 0.29) is 24.6 Å². The highest BCUT2D eigenvalue weighted by Crippen LogP contribution is 2.42. The first-order chi connectivity index (χ1) is 18.2. The molecule has 0 N–H and O–H groups in total. The van der Waals surface area contributed by atoms with Crippen LogP contribution in [-0.4, -0.2) is 40.6 Å². The van der Waals surface area contributed by atoms with Crippen LogP contribution in [-0.2, 0) is 39.6 Å². The van der Waals surface area contributed by atoms with Crippen LogP contribution in [0.1, 0.15) is 67.3 Å². The van der Waals surface area contributed by atoms with E-state index in [0.717, 1.165) is 64.5 Å². The number of methoxy groups -OCH3 is 1. The van der Waals surface area contributed by atoms with Gasteiger partial charge < -0.3 is 14.0 Å². The third kappa shape index (κ3) is 3.98. The summed E-state index contributed by atoms with van der Waals surface area (Å²) in [5.74, 6) is 0.390. The fraction of sp³-hybridized carbons (Fsp3) is 0.500. The third-order valence-corrected chi connectivity index (χ3v) is 9.37. The van der Waals surface area contributed by atoms with E-state index < -0.39 is 5.60 Å². The van der Waals surface area contributed by atoms with E-state index in [1.165, 1.54) is 18.4 Å². The number of esters is 1. The summed E-state index contributed by atoms with van der Waals surface area (Å²) in [6.07, 6.45) is 3.00. The first-order valence-electron chi connectivity index (χ1n) is 13.6. The minimum atomic E-state index is -0.912. The topological polar surface area (TPSA) is 73.7 Å². The Kier molecular flexibility index (Phi) is 6.36. The maximum atomic E-state index is 13.9. The Morgan fingerprint density at radius 1 is 1.18 bits per heavy atom. The summed E-state index contributed by atoms with van der Waals surface area (Å²) in [6, 6.07) is 6.09. The van der Waals surface area contributed by atoms with Gasteiger partial charge in [0.25, 0.3) is 5.56 Å². The van der Waals surface area contributed by atoms with E-state index in [4.69, 9.17) is 26.1 Å². The van der Waals surface area contributed by atoms with Gasteiger partial charge in [-0.05, 0) is 80.1 Å². The Balaban J connectivity index is 1.57. The summed E-state index contributed by atoms with van der Waals surface area (Å²) in [5, 5.41) is 1.78. The molecular formula is C30H34ClN3O4. The van der Waals surface area contributed by atoms with Crippen molar-refractivity contribution in [1.29, 1.82) is 0 Å². The Hall–Kier alpha value is -2.74. The Morgan fingerprint density at radius 2 is 1.95 bits per heavy atom. The van der Waals surface area contributed by atoms with Crippen molar-refractivity contribution in [3.05, 3.63) is 61.4 Å². The minimum absolute atomic E-state index is 0.0439. The number of carbonyl (C=O) groups excluding carboxylic acids is 1. The highest BCUT2D eigenvalue weighted by Gasteiger charge is 2.41. The molecular weight excluding hydrogens is 502 g/mol. The molecule has 0 radical (unpaired) electrons. The summed E-state index contributed by atoms with van der Waals surface area (Å²) in [5.41, 5.74) is 5.91. The average molecular weight is 536 g/mol. The first kappa shape index (κ1) is 25.5. The van der Waals surface area contributed by atoms with Crippen LogP contribution >= 0.6 is 11.6 Å². The molecule has 1 atom stereocenters. The number of hydrogen-bond acceptors (Lipinski definition) is 6. The number of cyclic esters (lactones) is 1. The quantitative estimate of drug-likeness (QED) is 0.329. The van der Waals surface area contributed by atoms with Crippen molar-refractivity contribution in [3.8, 4) is 11.4 Å². The van der Waals surface area contributed by atoms with Crippen LogP contribution in [0.15, 0.2) is 23.0 Å². The normalized spacial score (nSPS) is 21.7. The smallest absolute Gasteiger partial charge is 0.309 e. The molecule has 5 heterocycles. The van der Waals surface area contributed by atoms with Crippen LogP contribution in [0.4, 0.5) is 0 Å². The van der Waals surface area contributed by atoms with Crippen LogP contribution in [0.5, 0.6) is 0 Å². The molecule has 38 heavy (non-hydrogen) atoms. The van der Waals surface area contributed by atoms with Gasteiger partial charge in [0.1, 0.15) is 12.2 Å². The van der Waals surface area contributed by atoms with Gasteiger partial charge in [-0.25, -0.2) is 4.98 Å². The number of aromatic nitrogens is 2. The van der Waals surface area contributed by atoms with Gasteiger partial charge in [0.05, 0.1) is 35.4 Å². The van der Waals surface area contributed by atoms with Crippen molar-refractivity contribution in [2.75, 3.05) is 20.2 Å². The lowest BCUT2D eigenvalue weighted by Crippen LogP contribution is -2.34. The number of rotatable bonds is 4. The van der Waals surface area contributed by atoms with E-state index in [2.05, 4.69) is 17.9 Å². The van der Waals surface area contributed by atoms with Gasteiger partial charge in [0.2, 0.25) is 0 Å². The lowest BCUT2D eigenvalue weighted by molar-refractivity contribution is -0.151. The zero-order valence-corrected chi connectivity index (χ0v) is 23.3. The second-order valence-electron chi connectivity index (χ2n) is 11.2. The zero-order valence-electron chi connectivity index (χ0n) is 22.5. The number of ether oxygens (including phenoxy) is 2. The number of piperidine rings is 1. The Labute approximate surface area is 227 Å². The number of likely N-dealkylation sites (tertiary alicyclic amines) is 1. The van der Waals surface area contributed by atoms with Gasteiger partial charge in [-0.1, -0.05) is 25.4 Å². The maximum Gasteiger partial charge on any atom is 0.309 e. The molecule has 7 nitrogen and oxygen atoms in total. The molecule has 3 aliphatic rings. The number of aryl methyl sites for hydroxylation is 1. The number of halogens is 1. The van der Waals surface area contributed by atoms with Crippen molar-refractivity contribution >= 4 is 28.5 Å². The highest BCUT2D eigenvalue weighted by atomic mass is 35.5. The molecule has 1 fully saturated rings. The monoisotopic (exact) mass is 535 g/mol. The summed E-state index contributed by atoms with van der Waals surface area (Å²) in [7, 11) is 1.60. The zero-order chi connectivity index (χ0) is 26.8. The van der Waals surface area contributed by atoms with Crippen molar-refractivity contribution in [1.82, 2.24) is 14.5 Å². The van der Waals surface area contributed by atoms with Crippen LogP contribution < -0.4 is 5.56 Å². The number of benzene rings is 1. The molecule has 2 aromatic heterocycles. The summed E-state index contributed by atoms with van der Waals surface area (Å²) < 4.78 is 13.2. The van der Waals surface area contributed by atoms with Crippen molar-refractivity contribution in [3.63, 3.8) is 0 Å². The minimum Gasteiger partial charge on any atom is -0.460 e. The molecule has 8 heteroatoms. The number of nitrogens with zero attached hydrogens (tertiary/aromatic N) is 3. The fourth-order valence-electron chi connectivity index (χ4n) is 6.43. The molecule has 0 spiro atoms. The molecule has 200 valence electrons. The lowest BCUT2D eigenvalue weighted by Gasteiger charge is -2.31. The van der Waals surface area contributed by atoms with Gasteiger partial charge in [0, 0.05) is 29.6 Å². The Morgan fingerprint density at radius 3 is 2.66 bits per heavy atom. The number of carbonyl (C=O) groups is 1.